The second-order valence-electron chi connectivity index (χ2n) is 4.38. The van der Waals surface area contributed by atoms with Gasteiger partial charge < -0.3 is 4.74 Å². The van der Waals surface area contributed by atoms with E-state index in [1.54, 1.807) is 6.07 Å². The van der Waals surface area contributed by atoms with E-state index < -0.39 is 5.54 Å². The summed E-state index contributed by atoms with van der Waals surface area (Å²) < 4.78 is 18.3. The second-order valence-corrected chi connectivity index (χ2v) is 4.38. The van der Waals surface area contributed by atoms with Crippen molar-refractivity contribution < 1.29 is 13.9 Å². The Morgan fingerprint density at radius 2 is 2.35 bits per heavy atom. The first-order chi connectivity index (χ1) is 7.69. The molecule has 1 fully saturated rings. The third kappa shape index (κ3) is 1.55. The molecule has 2 aliphatic rings. The summed E-state index contributed by atoms with van der Waals surface area (Å²) in [7, 11) is 1.38. The van der Waals surface area contributed by atoms with Crippen molar-refractivity contribution in [2.75, 3.05) is 7.11 Å². The van der Waals surface area contributed by atoms with Crippen LogP contribution in [0.5, 0.6) is 0 Å². The molecule has 1 saturated carbocycles. The van der Waals surface area contributed by atoms with E-state index in [4.69, 9.17) is 4.74 Å². The Bertz CT molecular complexity index is 480. The van der Waals surface area contributed by atoms with Crippen LogP contribution in [-0.4, -0.2) is 18.6 Å². The van der Waals surface area contributed by atoms with Crippen LogP contribution >= 0.6 is 12.4 Å². The minimum absolute atomic E-state index is 0. The molecular formula is C12H13ClFNO2. The molecule has 0 saturated heterocycles. The lowest BCUT2D eigenvalue weighted by Crippen LogP contribution is -2.44. The number of rotatable bonds is 1. The summed E-state index contributed by atoms with van der Waals surface area (Å²) in [5, 5.41) is 3.10. The maximum atomic E-state index is 13.5. The van der Waals surface area contributed by atoms with Gasteiger partial charge in [0.1, 0.15) is 11.4 Å². The zero-order valence-electron chi connectivity index (χ0n) is 9.33. The van der Waals surface area contributed by atoms with Crippen molar-refractivity contribution in [3.8, 4) is 0 Å². The van der Waals surface area contributed by atoms with Gasteiger partial charge in [0.2, 0.25) is 0 Å². The van der Waals surface area contributed by atoms with Gasteiger partial charge in [-0.15, -0.1) is 12.4 Å². The molecule has 3 nitrogen and oxygen atoms in total. The number of carbonyl (C=O) groups is 1. The maximum absolute atomic E-state index is 13.5. The average Bonchev–Trinajstić information content (AvgIpc) is 3.04. The van der Waals surface area contributed by atoms with Crippen LogP contribution < -0.4 is 5.32 Å². The van der Waals surface area contributed by atoms with Crippen molar-refractivity contribution in [2.24, 2.45) is 0 Å². The standard InChI is InChI=1S/C12H12FNO2.ClH/c1-16-11(15)12-5-9(12)7-3-2-4-10(13)8(7)6-14-12;/h2-4,9,14H,5-6H2,1H3;1H. The molecule has 1 N–H and O–H groups in total. The number of ether oxygens (including phenoxy) is 1. The van der Waals surface area contributed by atoms with Crippen molar-refractivity contribution in [3.63, 3.8) is 0 Å². The summed E-state index contributed by atoms with van der Waals surface area (Å²) in [6.07, 6.45) is 0.704. The van der Waals surface area contributed by atoms with E-state index in [0.717, 1.165) is 5.56 Å². The van der Waals surface area contributed by atoms with E-state index in [1.165, 1.54) is 13.2 Å². The average molecular weight is 258 g/mol. The predicted octanol–water partition coefficient (Wildman–Crippen LogP) is 1.75. The van der Waals surface area contributed by atoms with Gasteiger partial charge in [-0.25, -0.2) is 4.39 Å². The van der Waals surface area contributed by atoms with Crippen LogP contribution in [0.4, 0.5) is 4.39 Å². The Kier molecular flexibility index (Phi) is 2.87. The van der Waals surface area contributed by atoms with Crippen LogP contribution in [0.15, 0.2) is 18.2 Å². The smallest absolute Gasteiger partial charge is 0.326 e. The summed E-state index contributed by atoms with van der Waals surface area (Å²) >= 11 is 0. The highest BCUT2D eigenvalue weighted by Crippen LogP contribution is 2.55. The highest BCUT2D eigenvalue weighted by molar-refractivity contribution is 5.87. The number of benzene rings is 1. The van der Waals surface area contributed by atoms with E-state index in [1.807, 2.05) is 6.07 Å². The molecule has 5 heteroatoms. The molecule has 1 aromatic carbocycles. The van der Waals surface area contributed by atoms with E-state index in [-0.39, 0.29) is 30.1 Å². The van der Waals surface area contributed by atoms with E-state index >= 15 is 0 Å². The zero-order chi connectivity index (χ0) is 11.3. The Labute approximate surface area is 105 Å². The predicted molar refractivity (Wildman–Crippen MR) is 62.6 cm³/mol. The number of nitrogens with one attached hydrogen (secondary N) is 1. The summed E-state index contributed by atoms with van der Waals surface area (Å²) in [6.45, 7) is 0.396. The normalized spacial score (nSPS) is 28.5. The number of fused-ring (bicyclic) bond motifs is 3. The largest absolute Gasteiger partial charge is 0.468 e. The molecule has 2 atom stereocenters. The molecule has 0 spiro atoms. The van der Waals surface area contributed by atoms with Gasteiger partial charge >= 0.3 is 5.97 Å². The molecule has 0 amide bonds. The molecule has 0 aromatic heterocycles. The minimum Gasteiger partial charge on any atom is -0.468 e. The Morgan fingerprint density at radius 3 is 3.06 bits per heavy atom. The lowest BCUT2D eigenvalue weighted by Gasteiger charge is -2.24. The Morgan fingerprint density at radius 1 is 1.59 bits per heavy atom. The third-order valence-corrected chi connectivity index (χ3v) is 3.62. The number of carbonyl (C=O) groups excluding carboxylic acids is 1. The van der Waals surface area contributed by atoms with E-state index in [2.05, 4.69) is 5.32 Å². The number of halogens is 2. The molecule has 0 bridgehead atoms. The van der Waals surface area contributed by atoms with Crippen LogP contribution in [0, 0.1) is 5.82 Å². The zero-order valence-corrected chi connectivity index (χ0v) is 10.1. The number of hydrogen-bond donors (Lipinski definition) is 1. The van der Waals surface area contributed by atoms with Crippen LogP contribution in [0.25, 0.3) is 0 Å². The van der Waals surface area contributed by atoms with Crippen molar-refractivity contribution in [2.45, 2.75) is 24.4 Å². The second kappa shape index (κ2) is 3.96. The molecule has 1 heterocycles. The lowest BCUT2D eigenvalue weighted by molar-refractivity contribution is -0.144. The molecule has 1 aromatic rings. The fraction of sp³-hybridized carbons (Fsp3) is 0.417. The van der Waals surface area contributed by atoms with Crippen LogP contribution in [-0.2, 0) is 16.1 Å². The van der Waals surface area contributed by atoms with E-state index in [0.29, 0.717) is 18.5 Å². The number of esters is 1. The van der Waals surface area contributed by atoms with Gasteiger partial charge in [0.25, 0.3) is 0 Å². The molecule has 1 aliphatic carbocycles. The first kappa shape index (κ1) is 12.3. The van der Waals surface area contributed by atoms with Gasteiger partial charge in [0.05, 0.1) is 7.11 Å². The quantitative estimate of drug-likeness (QED) is 0.779. The van der Waals surface area contributed by atoms with Gasteiger partial charge in [-0.2, -0.15) is 0 Å². The van der Waals surface area contributed by atoms with Gasteiger partial charge in [0, 0.05) is 18.0 Å². The Hall–Kier alpha value is -1.13. The summed E-state index contributed by atoms with van der Waals surface area (Å²) in [6, 6.07) is 5.04. The van der Waals surface area contributed by atoms with Crippen LogP contribution in [0.1, 0.15) is 23.5 Å². The molecular weight excluding hydrogens is 245 g/mol. The van der Waals surface area contributed by atoms with Crippen molar-refractivity contribution >= 4 is 18.4 Å². The van der Waals surface area contributed by atoms with Gasteiger partial charge in [0.15, 0.2) is 0 Å². The lowest BCUT2D eigenvalue weighted by atomic mass is 9.95. The first-order valence-electron chi connectivity index (χ1n) is 5.30. The fourth-order valence-electron chi connectivity index (χ4n) is 2.65. The third-order valence-electron chi connectivity index (χ3n) is 3.62. The van der Waals surface area contributed by atoms with Gasteiger partial charge in [-0.3, -0.25) is 10.1 Å². The number of methoxy groups -OCH3 is 1. The fourth-order valence-corrected chi connectivity index (χ4v) is 2.65. The van der Waals surface area contributed by atoms with Crippen LogP contribution in [0.2, 0.25) is 0 Å². The molecule has 1 aliphatic heterocycles. The molecule has 3 rings (SSSR count). The highest BCUT2D eigenvalue weighted by atomic mass is 35.5. The molecule has 2 unspecified atom stereocenters. The van der Waals surface area contributed by atoms with Crippen molar-refractivity contribution in [1.82, 2.24) is 5.32 Å². The minimum atomic E-state index is -0.588. The van der Waals surface area contributed by atoms with Crippen LogP contribution in [0.3, 0.4) is 0 Å². The Balaban J connectivity index is 0.00000108. The summed E-state index contributed by atoms with van der Waals surface area (Å²) in [5.74, 6) is -0.373. The molecule has 17 heavy (non-hydrogen) atoms. The monoisotopic (exact) mass is 257 g/mol. The summed E-state index contributed by atoms with van der Waals surface area (Å²) in [5.41, 5.74) is 1.05. The van der Waals surface area contributed by atoms with Crippen molar-refractivity contribution in [1.29, 1.82) is 0 Å². The topological polar surface area (TPSA) is 38.3 Å². The van der Waals surface area contributed by atoms with E-state index in [9.17, 15) is 9.18 Å². The molecule has 0 radical (unpaired) electrons. The maximum Gasteiger partial charge on any atom is 0.326 e. The van der Waals surface area contributed by atoms with Crippen molar-refractivity contribution in [3.05, 3.63) is 35.1 Å². The molecule has 92 valence electrons. The first-order valence-corrected chi connectivity index (χ1v) is 5.30. The summed E-state index contributed by atoms with van der Waals surface area (Å²) in [4.78, 5) is 11.6. The SMILES string of the molecule is COC(=O)C12CC1c1cccc(F)c1CN2.Cl. The van der Waals surface area contributed by atoms with Gasteiger partial charge in [-0.05, 0) is 18.1 Å². The highest BCUT2D eigenvalue weighted by Gasteiger charge is 2.63. The number of hydrogen-bond acceptors (Lipinski definition) is 3. The van der Waals surface area contributed by atoms with Gasteiger partial charge in [-0.1, -0.05) is 12.1 Å².